The first-order chi connectivity index (χ1) is 6.98. The summed E-state index contributed by atoms with van der Waals surface area (Å²) in [5, 5.41) is 10.4. The van der Waals surface area contributed by atoms with Gasteiger partial charge in [-0.25, -0.2) is 0 Å². The molecule has 0 saturated heterocycles. The maximum absolute atomic E-state index is 9.69. The highest BCUT2D eigenvalue weighted by Gasteiger charge is 2.28. The van der Waals surface area contributed by atoms with E-state index in [2.05, 4.69) is 0 Å². The molecule has 0 aliphatic heterocycles. The van der Waals surface area contributed by atoms with Crippen molar-refractivity contribution in [3.63, 3.8) is 0 Å². The molecule has 0 amide bonds. The second kappa shape index (κ2) is 4.97. The predicted octanol–water partition coefficient (Wildman–Crippen LogP) is 2.23. The van der Waals surface area contributed by atoms with Crippen LogP contribution >= 0.6 is 11.6 Å². The summed E-state index contributed by atoms with van der Waals surface area (Å²) in [7, 11) is 0. The first-order valence-electron chi connectivity index (χ1n) is 5.10. The molecule has 2 nitrogen and oxygen atoms in total. The summed E-state index contributed by atoms with van der Waals surface area (Å²) in [6.45, 7) is 4.22. The van der Waals surface area contributed by atoms with Crippen LogP contribution in [0.15, 0.2) is 24.3 Å². The number of hydrogen-bond acceptors (Lipinski definition) is 2. The van der Waals surface area contributed by atoms with Gasteiger partial charge in [-0.1, -0.05) is 30.7 Å². The van der Waals surface area contributed by atoms with E-state index in [1.165, 1.54) is 0 Å². The molecule has 1 aromatic rings. The van der Waals surface area contributed by atoms with Crippen LogP contribution in [0.2, 0.25) is 5.02 Å². The van der Waals surface area contributed by atoms with Crippen LogP contribution in [0.1, 0.15) is 19.4 Å². The van der Waals surface area contributed by atoms with Gasteiger partial charge < -0.3 is 10.8 Å². The minimum atomic E-state index is -0.429. The molecule has 0 bridgehead atoms. The van der Waals surface area contributed by atoms with Gasteiger partial charge >= 0.3 is 0 Å². The highest BCUT2D eigenvalue weighted by atomic mass is 35.5. The van der Waals surface area contributed by atoms with Gasteiger partial charge in [0, 0.05) is 17.0 Å². The van der Waals surface area contributed by atoms with Gasteiger partial charge in [-0.15, -0.1) is 0 Å². The molecule has 1 aromatic carbocycles. The van der Waals surface area contributed by atoms with Gasteiger partial charge in [0.2, 0.25) is 0 Å². The lowest BCUT2D eigenvalue weighted by Gasteiger charge is -2.31. The van der Waals surface area contributed by atoms with Crippen molar-refractivity contribution >= 4 is 11.6 Å². The lowest BCUT2D eigenvalue weighted by atomic mass is 9.79. The molecule has 0 aliphatic rings. The van der Waals surface area contributed by atoms with Gasteiger partial charge in [-0.3, -0.25) is 0 Å². The van der Waals surface area contributed by atoms with Crippen molar-refractivity contribution in [1.29, 1.82) is 0 Å². The molecule has 3 heteroatoms. The molecule has 1 rings (SSSR count). The number of rotatable bonds is 4. The van der Waals surface area contributed by atoms with E-state index in [4.69, 9.17) is 17.3 Å². The molecule has 2 unspecified atom stereocenters. The summed E-state index contributed by atoms with van der Waals surface area (Å²) in [6.07, 6.45) is 0.309. The summed E-state index contributed by atoms with van der Waals surface area (Å²) in [6, 6.07) is 7.67. The van der Waals surface area contributed by atoms with Gasteiger partial charge in [-0.05, 0) is 31.0 Å². The fourth-order valence-electron chi connectivity index (χ4n) is 1.50. The third-order valence-electron chi connectivity index (χ3n) is 2.97. The maximum Gasteiger partial charge on any atom is 0.0580 e. The minimum Gasteiger partial charge on any atom is -0.393 e. The van der Waals surface area contributed by atoms with Crippen LogP contribution in [0.5, 0.6) is 0 Å². The van der Waals surface area contributed by atoms with Crippen molar-refractivity contribution in [2.75, 3.05) is 6.54 Å². The Morgan fingerprint density at radius 2 is 2.20 bits per heavy atom. The molecule has 15 heavy (non-hydrogen) atoms. The summed E-state index contributed by atoms with van der Waals surface area (Å²) >= 11 is 5.90. The third-order valence-corrected chi connectivity index (χ3v) is 3.21. The van der Waals surface area contributed by atoms with Crippen molar-refractivity contribution in [2.24, 2.45) is 11.1 Å². The Balaban J connectivity index is 2.84. The Hall–Kier alpha value is -0.570. The standard InChI is InChI=1S/C12H18ClNO/c1-9(15)12(2,8-14)7-10-4-3-5-11(13)6-10/h3-6,9,15H,7-8,14H2,1-2H3. The van der Waals surface area contributed by atoms with Crippen LogP contribution in [0.3, 0.4) is 0 Å². The van der Waals surface area contributed by atoms with E-state index >= 15 is 0 Å². The summed E-state index contributed by atoms with van der Waals surface area (Å²) in [5.74, 6) is 0. The molecular weight excluding hydrogens is 210 g/mol. The zero-order valence-electron chi connectivity index (χ0n) is 9.20. The van der Waals surface area contributed by atoms with Crippen LogP contribution in [0, 0.1) is 5.41 Å². The van der Waals surface area contributed by atoms with E-state index in [0.717, 1.165) is 17.0 Å². The average molecular weight is 228 g/mol. The first kappa shape index (κ1) is 12.5. The summed E-state index contributed by atoms with van der Waals surface area (Å²) in [5.41, 5.74) is 6.52. The molecule has 0 fully saturated rings. The van der Waals surface area contributed by atoms with Gasteiger partial charge in [-0.2, -0.15) is 0 Å². The van der Waals surface area contributed by atoms with E-state index in [-0.39, 0.29) is 5.41 Å². The molecule has 0 saturated carbocycles. The molecule has 0 heterocycles. The van der Waals surface area contributed by atoms with Gasteiger partial charge in [0.05, 0.1) is 6.10 Å². The Bertz CT molecular complexity index is 327. The Labute approximate surface area is 96.1 Å². The van der Waals surface area contributed by atoms with Gasteiger partial charge in [0.15, 0.2) is 0 Å². The lowest BCUT2D eigenvalue weighted by molar-refractivity contribution is 0.0589. The zero-order chi connectivity index (χ0) is 11.5. The molecule has 0 aromatic heterocycles. The van der Waals surface area contributed by atoms with E-state index in [1.807, 2.05) is 31.2 Å². The first-order valence-corrected chi connectivity index (χ1v) is 5.48. The fraction of sp³-hybridized carbons (Fsp3) is 0.500. The van der Waals surface area contributed by atoms with E-state index in [1.54, 1.807) is 6.92 Å². The van der Waals surface area contributed by atoms with Crippen LogP contribution in [0.4, 0.5) is 0 Å². The second-order valence-electron chi connectivity index (χ2n) is 4.34. The Morgan fingerprint density at radius 1 is 1.53 bits per heavy atom. The summed E-state index contributed by atoms with van der Waals surface area (Å²) in [4.78, 5) is 0. The SMILES string of the molecule is CC(O)C(C)(CN)Cc1cccc(Cl)c1. The average Bonchev–Trinajstić information content (AvgIpc) is 2.17. The normalized spacial score (nSPS) is 17.1. The van der Waals surface area contributed by atoms with Crippen molar-refractivity contribution in [1.82, 2.24) is 0 Å². The van der Waals surface area contributed by atoms with E-state index in [9.17, 15) is 5.11 Å². The number of nitrogens with two attached hydrogens (primary N) is 1. The van der Waals surface area contributed by atoms with Crippen LogP contribution < -0.4 is 5.73 Å². The largest absolute Gasteiger partial charge is 0.393 e. The monoisotopic (exact) mass is 227 g/mol. The van der Waals surface area contributed by atoms with Crippen molar-refractivity contribution < 1.29 is 5.11 Å². The summed E-state index contributed by atoms with van der Waals surface area (Å²) < 4.78 is 0. The third kappa shape index (κ3) is 3.20. The van der Waals surface area contributed by atoms with Gasteiger partial charge in [0.25, 0.3) is 0 Å². The molecule has 2 atom stereocenters. The van der Waals surface area contributed by atoms with Crippen LogP contribution in [-0.2, 0) is 6.42 Å². The predicted molar refractivity (Wildman–Crippen MR) is 64.0 cm³/mol. The van der Waals surface area contributed by atoms with Crippen molar-refractivity contribution in [3.05, 3.63) is 34.9 Å². The zero-order valence-corrected chi connectivity index (χ0v) is 9.96. The second-order valence-corrected chi connectivity index (χ2v) is 4.78. The molecule has 0 aliphatic carbocycles. The van der Waals surface area contributed by atoms with Crippen molar-refractivity contribution in [2.45, 2.75) is 26.4 Å². The van der Waals surface area contributed by atoms with E-state index in [0.29, 0.717) is 6.54 Å². The fourth-order valence-corrected chi connectivity index (χ4v) is 1.72. The number of aliphatic hydroxyl groups excluding tert-OH is 1. The smallest absolute Gasteiger partial charge is 0.0580 e. The van der Waals surface area contributed by atoms with Crippen molar-refractivity contribution in [3.8, 4) is 0 Å². The number of halogens is 1. The van der Waals surface area contributed by atoms with Crippen LogP contribution in [-0.4, -0.2) is 17.8 Å². The molecular formula is C12H18ClNO. The molecule has 0 radical (unpaired) electrons. The Morgan fingerprint density at radius 3 is 2.67 bits per heavy atom. The molecule has 84 valence electrons. The maximum atomic E-state index is 9.69. The van der Waals surface area contributed by atoms with Gasteiger partial charge in [0.1, 0.15) is 0 Å². The minimum absolute atomic E-state index is 0.287. The highest BCUT2D eigenvalue weighted by Crippen LogP contribution is 2.26. The lowest BCUT2D eigenvalue weighted by Crippen LogP contribution is -2.39. The molecule has 0 spiro atoms. The Kier molecular flexibility index (Phi) is 4.14. The van der Waals surface area contributed by atoms with Crippen LogP contribution in [0.25, 0.3) is 0 Å². The topological polar surface area (TPSA) is 46.2 Å². The quantitative estimate of drug-likeness (QED) is 0.829. The molecule has 3 N–H and O–H groups in total. The number of aliphatic hydroxyl groups is 1. The number of benzene rings is 1. The van der Waals surface area contributed by atoms with E-state index < -0.39 is 6.10 Å². The number of hydrogen-bond donors (Lipinski definition) is 2. The highest BCUT2D eigenvalue weighted by molar-refractivity contribution is 6.30.